The van der Waals surface area contributed by atoms with Crippen LogP contribution in [0.1, 0.15) is 331 Å². The second kappa shape index (κ2) is 58.2. The molecular formula is C67H130O17P2. The number of phosphoric acid groups is 2. The third-order valence-electron chi connectivity index (χ3n) is 15.4. The summed E-state index contributed by atoms with van der Waals surface area (Å²) in [6.07, 6.45) is 40.6. The number of aliphatic hydroxyl groups excluding tert-OH is 1. The monoisotopic (exact) mass is 1270 g/mol. The number of hydrogen-bond acceptors (Lipinski definition) is 15. The van der Waals surface area contributed by atoms with E-state index in [2.05, 4.69) is 48.5 Å². The molecule has 0 aliphatic heterocycles. The molecule has 0 saturated heterocycles. The molecule has 0 bridgehead atoms. The molecule has 0 rings (SSSR count). The number of phosphoric ester groups is 2. The Balaban J connectivity index is 5.20. The van der Waals surface area contributed by atoms with Gasteiger partial charge in [0.1, 0.15) is 19.3 Å². The van der Waals surface area contributed by atoms with Gasteiger partial charge in [0.05, 0.1) is 26.4 Å². The molecule has 17 nitrogen and oxygen atoms in total. The van der Waals surface area contributed by atoms with Crippen LogP contribution in [0.15, 0.2) is 0 Å². The number of rotatable bonds is 65. The molecule has 0 aromatic heterocycles. The highest BCUT2D eigenvalue weighted by Gasteiger charge is 2.30. The minimum atomic E-state index is -4.95. The van der Waals surface area contributed by atoms with Gasteiger partial charge in [-0.25, -0.2) is 9.13 Å². The third kappa shape index (κ3) is 60.9. The van der Waals surface area contributed by atoms with E-state index in [0.717, 1.165) is 108 Å². The molecule has 0 aliphatic rings. The Hall–Kier alpha value is -1.94. The Morgan fingerprint density at radius 3 is 0.791 bits per heavy atom. The van der Waals surface area contributed by atoms with Gasteiger partial charge in [0.2, 0.25) is 0 Å². The molecule has 5 atom stereocenters. The Morgan fingerprint density at radius 1 is 0.314 bits per heavy atom. The maximum Gasteiger partial charge on any atom is 0.472 e. The van der Waals surface area contributed by atoms with Gasteiger partial charge in [-0.1, -0.05) is 280 Å². The van der Waals surface area contributed by atoms with Crippen molar-refractivity contribution >= 4 is 39.5 Å². The van der Waals surface area contributed by atoms with Gasteiger partial charge in [-0.2, -0.15) is 0 Å². The maximum absolute atomic E-state index is 13.0. The molecule has 2 unspecified atom stereocenters. The highest BCUT2D eigenvalue weighted by Crippen LogP contribution is 2.45. The fourth-order valence-electron chi connectivity index (χ4n) is 10.0. The summed E-state index contributed by atoms with van der Waals surface area (Å²) in [6.45, 7) is 11.7. The summed E-state index contributed by atoms with van der Waals surface area (Å²) in [5, 5.41) is 10.5. The van der Waals surface area contributed by atoms with Crippen molar-refractivity contribution in [2.75, 3.05) is 39.6 Å². The second-order valence-corrected chi connectivity index (χ2v) is 28.5. The van der Waals surface area contributed by atoms with Crippen LogP contribution in [0.3, 0.4) is 0 Å². The number of carbonyl (C=O) groups is 4. The smallest absolute Gasteiger partial charge is 0.462 e. The summed E-state index contributed by atoms with van der Waals surface area (Å²) in [7, 11) is -9.89. The average Bonchev–Trinajstić information content (AvgIpc) is 3.54. The van der Waals surface area contributed by atoms with E-state index in [1.807, 2.05) is 0 Å². The molecule has 86 heavy (non-hydrogen) atoms. The Kier molecular flexibility index (Phi) is 56.9. The third-order valence-corrected chi connectivity index (χ3v) is 17.3. The summed E-state index contributed by atoms with van der Waals surface area (Å²) in [4.78, 5) is 72.2. The first-order valence-corrected chi connectivity index (χ1v) is 37.8. The van der Waals surface area contributed by atoms with Gasteiger partial charge in [-0.3, -0.25) is 37.3 Å². The summed E-state index contributed by atoms with van der Waals surface area (Å²) in [6, 6.07) is 0. The van der Waals surface area contributed by atoms with Crippen LogP contribution in [0.25, 0.3) is 0 Å². The van der Waals surface area contributed by atoms with Gasteiger partial charge in [0.15, 0.2) is 12.2 Å². The lowest BCUT2D eigenvalue weighted by atomic mass is 10.0. The van der Waals surface area contributed by atoms with Gasteiger partial charge >= 0.3 is 39.5 Å². The van der Waals surface area contributed by atoms with E-state index in [9.17, 15) is 43.2 Å². The fourth-order valence-corrected chi connectivity index (χ4v) is 11.6. The minimum absolute atomic E-state index is 0.102. The molecule has 0 radical (unpaired) electrons. The molecule has 0 aliphatic carbocycles. The quantitative estimate of drug-likeness (QED) is 0.0222. The zero-order valence-corrected chi connectivity index (χ0v) is 57.6. The lowest BCUT2D eigenvalue weighted by Crippen LogP contribution is -2.30. The van der Waals surface area contributed by atoms with Crippen molar-refractivity contribution in [1.82, 2.24) is 0 Å². The minimum Gasteiger partial charge on any atom is -0.462 e. The molecule has 0 heterocycles. The van der Waals surface area contributed by atoms with E-state index in [4.69, 9.17) is 37.0 Å². The number of unbranched alkanes of at least 4 members (excludes halogenated alkanes) is 33. The van der Waals surface area contributed by atoms with E-state index in [-0.39, 0.29) is 25.7 Å². The van der Waals surface area contributed by atoms with E-state index >= 15 is 0 Å². The van der Waals surface area contributed by atoms with Crippen molar-refractivity contribution in [2.24, 2.45) is 17.8 Å². The van der Waals surface area contributed by atoms with Gasteiger partial charge < -0.3 is 33.8 Å². The van der Waals surface area contributed by atoms with E-state index < -0.39 is 97.5 Å². The highest BCUT2D eigenvalue weighted by atomic mass is 31.2. The van der Waals surface area contributed by atoms with Crippen LogP contribution in [-0.4, -0.2) is 96.7 Å². The van der Waals surface area contributed by atoms with Gasteiger partial charge in [-0.05, 0) is 43.4 Å². The summed E-state index contributed by atoms with van der Waals surface area (Å²) in [5.74, 6) is 0.0711. The molecule has 0 spiro atoms. The molecule has 0 amide bonds. The standard InChI is InChI=1S/C67H130O17P2/c1-8-9-10-11-12-26-34-41-48-64(69)77-55-63(84-67(72)51-44-37-30-29-33-40-47-60(6)7)57-82-86(75,76)80-53-61(68)52-79-85(73,74)81-56-62(54-78-65(70)49-42-35-27-23-19-21-25-32-39-46-59(4)5)83-66(71)50-43-36-28-22-18-16-14-13-15-17-20-24-31-38-45-58(2)3/h58-63,68H,8-57H2,1-7H3,(H,73,74)(H,75,76)/t61-,62-,63-/m1/s1. The van der Waals surface area contributed by atoms with E-state index in [0.29, 0.717) is 31.6 Å². The molecule has 3 N–H and O–H groups in total. The average molecular weight is 1270 g/mol. The first-order chi connectivity index (χ1) is 41.2. The molecule has 0 saturated carbocycles. The second-order valence-electron chi connectivity index (χ2n) is 25.6. The lowest BCUT2D eigenvalue weighted by molar-refractivity contribution is -0.161. The molecule has 510 valence electrons. The number of hydrogen-bond donors (Lipinski definition) is 3. The molecule has 0 fully saturated rings. The van der Waals surface area contributed by atoms with Crippen LogP contribution in [-0.2, 0) is 65.4 Å². The molecule has 0 aromatic carbocycles. The predicted octanol–water partition coefficient (Wildman–Crippen LogP) is 18.7. The largest absolute Gasteiger partial charge is 0.472 e. The van der Waals surface area contributed by atoms with Crippen LogP contribution < -0.4 is 0 Å². The van der Waals surface area contributed by atoms with E-state index in [1.54, 1.807) is 0 Å². The lowest BCUT2D eigenvalue weighted by Gasteiger charge is -2.21. The van der Waals surface area contributed by atoms with Crippen molar-refractivity contribution in [3.05, 3.63) is 0 Å². The SMILES string of the molecule is CCCCCCCCCCC(=O)OC[C@H](COP(=O)(O)OC[C@H](O)COP(=O)(O)OC[C@@H](COC(=O)CCCCCCCCCCCC(C)C)OC(=O)CCCCCCCCCCCCCCCCC(C)C)OC(=O)CCCCCCCCC(C)C. The summed E-state index contributed by atoms with van der Waals surface area (Å²) >= 11 is 0. The summed E-state index contributed by atoms with van der Waals surface area (Å²) < 4.78 is 68.0. The summed E-state index contributed by atoms with van der Waals surface area (Å²) in [5.41, 5.74) is 0. The first kappa shape index (κ1) is 84.1. The van der Waals surface area contributed by atoms with Crippen molar-refractivity contribution < 1.29 is 80.2 Å². The van der Waals surface area contributed by atoms with E-state index in [1.165, 1.54) is 135 Å². The number of aliphatic hydroxyl groups is 1. The number of ether oxygens (including phenoxy) is 4. The normalized spacial score (nSPS) is 14.3. The zero-order chi connectivity index (χ0) is 63.8. The van der Waals surface area contributed by atoms with Gasteiger partial charge in [0, 0.05) is 25.7 Å². The number of carbonyl (C=O) groups excluding carboxylic acids is 4. The maximum atomic E-state index is 13.0. The van der Waals surface area contributed by atoms with Gasteiger partial charge in [0.25, 0.3) is 0 Å². The first-order valence-electron chi connectivity index (χ1n) is 34.8. The topological polar surface area (TPSA) is 237 Å². The zero-order valence-electron chi connectivity index (χ0n) is 55.8. The Labute approximate surface area is 524 Å². The highest BCUT2D eigenvalue weighted by molar-refractivity contribution is 7.47. The number of esters is 4. The predicted molar refractivity (Wildman–Crippen MR) is 344 cm³/mol. The van der Waals surface area contributed by atoms with Crippen molar-refractivity contribution in [3.63, 3.8) is 0 Å². The molecule has 0 aromatic rings. The van der Waals surface area contributed by atoms with Gasteiger partial charge in [-0.15, -0.1) is 0 Å². The molecule has 19 heteroatoms. The van der Waals surface area contributed by atoms with Crippen molar-refractivity contribution in [3.8, 4) is 0 Å². The van der Waals surface area contributed by atoms with Crippen molar-refractivity contribution in [2.45, 2.75) is 349 Å². The Morgan fingerprint density at radius 2 is 0.535 bits per heavy atom. The van der Waals surface area contributed by atoms with Crippen LogP contribution in [0.5, 0.6) is 0 Å². The Bertz CT molecular complexity index is 1700. The van der Waals surface area contributed by atoms with Crippen molar-refractivity contribution in [1.29, 1.82) is 0 Å². The van der Waals surface area contributed by atoms with Crippen LogP contribution >= 0.6 is 15.6 Å². The fraction of sp³-hybridized carbons (Fsp3) is 0.940. The van der Waals surface area contributed by atoms with Crippen LogP contribution in [0, 0.1) is 17.8 Å². The van der Waals surface area contributed by atoms with Crippen LogP contribution in [0.2, 0.25) is 0 Å². The van der Waals surface area contributed by atoms with Crippen LogP contribution in [0.4, 0.5) is 0 Å². The molecular weight excluding hydrogens is 1140 g/mol.